The standard InChI is InChI=1S/C16H19NOS/c1-12(14-7-5-6-13(10-14)11-18)17-15-8-3-4-9-16(15)19-2/h3-10,12,17-18H,11H2,1-2H3. The lowest BCUT2D eigenvalue weighted by atomic mass is 10.1. The van der Waals surface area contributed by atoms with Gasteiger partial charge in [0, 0.05) is 16.6 Å². The van der Waals surface area contributed by atoms with Crippen LogP contribution >= 0.6 is 11.8 Å². The van der Waals surface area contributed by atoms with Crippen LogP contribution in [0.1, 0.15) is 24.1 Å². The maximum atomic E-state index is 9.19. The van der Waals surface area contributed by atoms with Crippen LogP contribution in [0.25, 0.3) is 0 Å². The number of benzene rings is 2. The van der Waals surface area contributed by atoms with E-state index >= 15 is 0 Å². The number of aliphatic hydroxyl groups is 1. The minimum Gasteiger partial charge on any atom is -0.392 e. The Hall–Kier alpha value is -1.45. The van der Waals surface area contributed by atoms with Crippen molar-refractivity contribution in [3.63, 3.8) is 0 Å². The quantitative estimate of drug-likeness (QED) is 0.805. The molecular formula is C16H19NOS. The van der Waals surface area contributed by atoms with E-state index in [2.05, 4.69) is 36.7 Å². The summed E-state index contributed by atoms with van der Waals surface area (Å²) in [6, 6.07) is 16.6. The molecule has 0 aliphatic rings. The molecule has 1 atom stereocenters. The highest BCUT2D eigenvalue weighted by Crippen LogP contribution is 2.28. The monoisotopic (exact) mass is 273 g/mol. The first-order valence-electron chi connectivity index (χ1n) is 6.34. The van der Waals surface area contributed by atoms with Crippen molar-refractivity contribution in [3.8, 4) is 0 Å². The van der Waals surface area contributed by atoms with Crippen molar-refractivity contribution in [2.24, 2.45) is 0 Å². The summed E-state index contributed by atoms with van der Waals surface area (Å²) in [6.07, 6.45) is 2.08. The molecule has 100 valence electrons. The first-order chi connectivity index (χ1) is 9.24. The van der Waals surface area contributed by atoms with E-state index < -0.39 is 0 Å². The maximum absolute atomic E-state index is 9.19. The van der Waals surface area contributed by atoms with E-state index in [1.165, 1.54) is 10.5 Å². The van der Waals surface area contributed by atoms with Crippen molar-refractivity contribution in [3.05, 3.63) is 59.7 Å². The fourth-order valence-corrected chi connectivity index (χ4v) is 2.60. The van der Waals surface area contributed by atoms with Crippen LogP contribution in [0.5, 0.6) is 0 Å². The molecule has 0 radical (unpaired) electrons. The van der Waals surface area contributed by atoms with Gasteiger partial charge in [-0.15, -0.1) is 11.8 Å². The van der Waals surface area contributed by atoms with E-state index in [1.54, 1.807) is 11.8 Å². The first kappa shape index (κ1) is 14.0. The second-order valence-corrected chi connectivity index (χ2v) is 5.32. The molecule has 0 aromatic heterocycles. The van der Waals surface area contributed by atoms with Gasteiger partial charge in [0.25, 0.3) is 0 Å². The van der Waals surface area contributed by atoms with Gasteiger partial charge in [-0.05, 0) is 36.4 Å². The number of anilines is 1. The van der Waals surface area contributed by atoms with E-state index in [0.717, 1.165) is 11.3 Å². The molecule has 0 saturated heterocycles. The van der Waals surface area contributed by atoms with Gasteiger partial charge in [-0.2, -0.15) is 0 Å². The Morgan fingerprint density at radius 2 is 1.95 bits per heavy atom. The van der Waals surface area contributed by atoms with Crippen molar-refractivity contribution in [2.45, 2.75) is 24.5 Å². The lowest BCUT2D eigenvalue weighted by Gasteiger charge is -2.18. The molecule has 2 rings (SSSR count). The highest BCUT2D eigenvalue weighted by molar-refractivity contribution is 7.98. The Bertz CT molecular complexity index is 542. The van der Waals surface area contributed by atoms with Crippen molar-refractivity contribution in [1.29, 1.82) is 0 Å². The summed E-state index contributed by atoms with van der Waals surface area (Å²) in [7, 11) is 0. The fourth-order valence-electron chi connectivity index (χ4n) is 2.04. The second-order valence-electron chi connectivity index (χ2n) is 4.47. The highest BCUT2D eigenvalue weighted by Gasteiger charge is 2.08. The minimum atomic E-state index is 0.0853. The van der Waals surface area contributed by atoms with Crippen LogP contribution in [0.2, 0.25) is 0 Å². The fraction of sp³-hybridized carbons (Fsp3) is 0.250. The summed E-state index contributed by atoms with van der Waals surface area (Å²) in [5.74, 6) is 0. The number of thioether (sulfide) groups is 1. The van der Waals surface area contributed by atoms with Crippen LogP contribution in [0, 0.1) is 0 Å². The number of para-hydroxylation sites is 1. The number of hydrogen-bond donors (Lipinski definition) is 2. The molecule has 2 N–H and O–H groups in total. The number of rotatable bonds is 5. The van der Waals surface area contributed by atoms with Gasteiger partial charge in [-0.3, -0.25) is 0 Å². The number of nitrogens with one attached hydrogen (secondary N) is 1. The summed E-state index contributed by atoms with van der Waals surface area (Å²) in [6.45, 7) is 2.22. The SMILES string of the molecule is CSc1ccccc1NC(C)c1cccc(CO)c1. The van der Waals surface area contributed by atoms with Gasteiger partial charge in [0.2, 0.25) is 0 Å². The molecule has 0 aliphatic heterocycles. The Kier molecular flexibility index (Phi) is 4.88. The van der Waals surface area contributed by atoms with Gasteiger partial charge in [0.1, 0.15) is 0 Å². The van der Waals surface area contributed by atoms with Crippen LogP contribution in [-0.2, 0) is 6.61 Å². The Morgan fingerprint density at radius 1 is 1.16 bits per heavy atom. The maximum Gasteiger partial charge on any atom is 0.0681 e. The van der Waals surface area contributed by atoms with Gasteiger partial charge in [0.05, 0.1) is 6.61 Å². The zero-order valence-electron chi connectivity index (χ0n) is 11.3. The highest BCUT2D eigenvalue weighted by atomic mass is 32.2. The largest absolute Gasteiger partial charge is 0.392 e. The molecule has 1 unspecified atom stereocenters. The van der Waals surface area contributed by atoms with E-state index in [1.807, 2.05) is 30.3 Å². The topological polar surface area (TPSA) is 32.3 Å². The van der Waals surface area contributed by atoms with Gasteiger partial charge >= 0.3 is 0 Å². The number of aliphatic hydroxyl groups excluding tert-OH is 1. The van der Waals surface area contributed by atoms with Crippen LogP contribution in [0.15, 0.2) is 53.4 Å². The zero-order valence-corrected chi connectivity index (χ0v) is 12.1. The van der Waals surface area contributed by atoms with Gasteiger partial charge < -0.3 is 10.4 Å². The third-order valence-corrected chi connectivity index (χ3v) is 3.91. The van der Waals surface area contributed by atoms with Gasteiger partial charge in [-0.25, -0.2) is 0 Å². The molecule has 0 aliphatic carbocycles. The van der Waals surface area contributed by atoms with E-state index in [9.17, 15) is 5.11 Å². The lowest BCUT2D eigenvalue weighted by Crippen LogP contribution is -2.07. The summed E-state index contributed by atoms with van der Waals surface area (Å²) < 4.78 is 0. The average Bonchev–Trinajstić information content (AvgIpc) is 2.47. The molecule has 2 aromatic carbocycles. The Labute approximate surface area is 118 Å². The first-order valence-corrected chi connectivity index (χ1v) is 7.56. The summed E-state index contributed by atoms with van der Waals surface area (Å²) in [4.78, 5) is 1.24. The molecule has 0 heterocycles. The molecule has 19 heavy (non-hydrogen) atoms. The zero-order chi connectivity index (χ0) is 13.7. The van der Waals surface area contributed by atoms with Crippen LogP contribution in [-0.4, -0.2) is 11.4 Å². The molecular weight excluding hydrogens is 254 g/mol. The van der Waals surface area contributed by atoms with E-state index in [4.69, 9.17) is 0 Å². The van der Waals surface area contributed by atoms with Gasteiger partial charge in [0.15, 0.2) is 0 Å². The Morgan fingerprint density at radius 3 is 2.68 bits per heavy atom. The molecule has 3 heteroatoms. The van der Waals surface area contributed by atoms with Crippen LogP contribution < -0.4 is 5.32 Å². The Balaban J connectivity index is 2.18. The average molecular weight is 273 g/mol. The van der Waals surface area contributed by atoms with Crippen LogP contribution in [0.4, 0.5) is 5.69 Å². The number of hydrogen-bond acceptors (Lipinski definition) is 3. The summed E-state index contributed by atoms with van der Waals surface area (Å²) >= 11 is 1.74. The smallest absolute Gasteiger partial charge is 0.0681 e. The summed E-state index contributed by atoms with van der Waals surface area (Å²) in [5.41, 5.74) is 3.28. The van der Waals surface area contributed by atoms with E-state index in [-0.39, 0.29) is 12.6 Å². The molecule has 0 spiro atoms. The lowest BCUT2D eigenvalue weighted by molar-refractivity contribution is 0.281. The molecule has 2 aromatic rings. The van der Waals surface area contributed by atoms with Crippen LogP contribution in [0.3, 0.4) is 0 Å². The molecule has 0 amide bonds. The van der Waals surface area contributed by atoms with Crippen molar-refractivity contribution >= 4 is 17.4 Å². The third kappa shape index (κ3) is 3.52. The molecule has 0 saturated carbocycles. The summed E-state index contributed by atoms with van der Waals surface area (Å²) in [5, 5.41) is 12.7. The predicted octanol–water partition coefficient (Wildman–Crippen LogP) is 4.07. The van der Waals surface area contributed by atoms with Crippen molar-refractivity contribution < 1.29 is 5.11 Å². The van der Waals surface area contributed by atoms with Gasteiger partial charge in [-0.1, -0.05) is 36.4 Å². The normalized spacial score (nSPS) is 12.2. The predicted molar refractivity (Wildman–Crippen MR) is 82.6 cm³/mol. The minimum absolute atomic E-state index is 0.0853. The molecule has 0 fully saturated rings. The van der Waals surface area contributed by atoms with Crippen molar-refractivity contribution in [2.75, 3.05) is 11.6 Å². The molecule has 0 bridgehead atoms. The van der Waals surface area contributed by atoms with E-state index in [0.29, 0.717) is 0 Å². The second kappa shape index (κ2) is 6.64. The third-order valence-electron chi connectivity index (χ3n) is 3.11. The molecule has 2 nitrogen and oxygen atoms in total. The van der Waals surface area contributed by atoms with Crippen molar-refractivity contribution in [1.82, 2.24) is 0 Å².